The molecule has 0 fully saturated rings. The van der Waals surface area contributed by atoms with Crippen molar-refractivity contribution in [2.45, 2.75) is 0 Å². The summed E-state index contributed by atoms with van der Waals surface area (Å²) in [7, 11) is 0. The van der Waals surface area contributed by atoms with Crippen LogP contribution in [0.1, 0.15) is 0 Å². The van der Waals surface area contributed by atoms with Crippen molar-refractivity contribution in [3.8, 4) is 44.6 Å². The quantitative estimate of drug-likeness (QED) is 0.194. The van der Waals surface area contributed by atoms with Crippen LogP contribution in [0.2, 0.25) is 0 Å². The summed E-state index contributed by atoms with van der Waals surface area (Å²) in [6, 6.07) is 54.5. The smallest absolute Gasteiger partial charge is 0.138 e. The summed E-state index contributed by atoms with van der Waals surface area (Å²) in [5.74, 6) is 0.895. The Morgan fingerprint density at radius 1 is 0.458 bits per heavy atom. The third-order valence-corrected chi connectivity index (χ3v) is 10.6. The molecule has 0 bridgehead atoms. The van der Waals surface area contributed by atoms with Crippen LogP contribution in [0.5, 0.6) is 0 Å². The van der Waals surface area contributed by atoms with Gasteiger partial charge < -0.3 is 0 Å². The van der Waals surface area contributed by atoms with E-state index in [1.807, 2.05) is 23.7 Å². The summed E-state index contributed by atoms with van der Waals surface area (Å²) in [6.07, 6.45) is 3.74. The van der Waals surface area contributed by atoms with E-state index in [-0.39, 0.29) is 0 Å². The Morgan fingerprint density at radius 3 is 2.00 bits per heavy atom. The normalized spacial score (nSPS) is 12.1. The van der Waals surface area contributed by atoms with Crippen molar-refractivity contribution < 1.29 is 0 Å². The molecular weight excluding hydrogens is 603 g/mol. The fraction of sp³-hybridized carbons (Fsp3) is 0. The first-order valence-corrected chi connectivity index (χ1v) is 17.0. The van der Waals surface area contributed by atoms with Gasteiger partial charge in [-0.15, -0.1) is 11.3 Å². The first-order chi connectivity index (χ1) is 23.8. The van der Waals surface area contributed by atoms with Gasteiger partial charge in [0.05, 0.1) is 17.1 Å². The highest BCUT2D eigenvalue weighted by Gasteiger charge is 2.31. The Kier molecular flexibility index (Phi) is 6.05. The zero-order valence-electron chi connectivity index (χ0n) is 25.8. The maximum atomic E-state index is 5.48. The minimum atomic E-state index is 0.895. The highest BCUT2D eigenvalue weighted by molar-refractivity contribution is 7.26. The topological polar surface area (TPSA) is 29.0 Å². The first kappa shape index (κ1) is 27.1. The molecular formula is C44H27N3S. The van der Waals surface area contributed by atoms with Gasteiger partial charge in [-0.05, 0) is 75.7 Å². The Balaban J connectivity index is 1.35. The average molecular weight is 630 g/mol. The summed E-state index contributed by atoms with van der Waals surface area (Å²) in [6.45, 7) is 0. The van der Waals surface area contributed by atoms with Crippen LogP contribution >= 0.6 is 11.3 Å². The molecule has 0 amide bonds. The number of rotatable bonds is 4. The third-order valence-electron chi connectivity index (χ3n) is 9.50. The lowest BCUT2D eigenvalue weighted by Crippen LogP contribution is -2.17. The Hall–Kier alpha value is -6.10. The van der Waals surface area contributed by atoms with Crippen molar-refractivity contribution in [1.29, 1.82) is 0 Å². The molecule has 0 saturated heterocycles. The van der Waals surface area contributed by atoms with Crippen molar-refractivity contribution in [3.63, 3.8) is 0 Å². The van der Waals surface area contributed by atoms with Crippen molar-refractivity contribution in [1.82, 2.24) is 9.97 Å². The molecule has 224 valence electrons. The maximum Gasteiger partial charge on any atom is 0.138 e. The number of nitrogens with zero attached hydrogens (tertiary/aromatic N) is 3. The van der Waals surface area contributed by atoms with Crippen LogP contribution in [0.15, 0.2) is 164 Å². The molecule has 0 atom stereocenters. The molecule has 4 heteroatoms. The van der Waals surface area contributed by atoms with Crippen LogP contribution in [0.3, 0.4) is 0 Å². The molecule has 0 aliphatic carbocycles. The minimum Gasteiger partial charge on any atom is -0.293 e. The number of fused-ring (bicyclic) bond motifs is 6. The van der Waals surface area contributed by atoms with Crippen LogP contribution in [0, 0.1) is 0 Å². The number of thiophene rings is 1. The summed E-state index contributed by atoms with van der Waals surface area (Å²) >= 11 is 1.85. The van der Waals surface area contributed by atoms with Gasteiger partial charge in [0.25, 0.3) is 0 Å². The second-order valence-electron chi connectivity index (χ2n) is 12.2. The molecule has 0 saturated carbocycles. The Labute approximate surface area is 282 Å². The van der Waals surface area contributed by atoms with E-state index >= 15 is 0 Å². The van der Waals surface area contributed by atoms with Crippen LogP contribution < -0.4 is 4.90 Å². The van der Waals surface area contributed by atoms with E-state index < -0.39 is 0 Å². The van der Waals surface area contributed by atoms with E-state index in [1.54, 1.807) is 0 Å². The molecule has 6 aromatic carbocycles. The third kappa shape index (κ3) is 4.13. The molecule has 1 aliphatic heterocycles. The summed E-state index contributed by atoms with van der Waals surface area (Å²) in [5, 5.41) is 4.98. The standard InChI is InChI=1S/C44H27N3S/c1-3-10-28(11-4-1)31-26-37(30-12-5-2-6-13-30)46-41(27-31)47-38-16-9-15-33-32(29-22-24-45-25-23-29)18-19-34(42(33)38)35-20-21-40-43(44(35)47)36-14-7-8-17-39(36)48-40/h1-27H. The molecule has 0 radical (unpaired) electrons. The number of aromatic nitrogens is 2. The summed E-state index contributed by atoms with van der Waals surface area (Å²) < 4.78 is 2.56. The molecule has 0 unspecified atom stereocenters. The number of hydrogen-bond donors (Lipinski definition) is 0. The van der Waals surface area contributed by atoms with Crippen molar-refractivity contribution in [2.75, 3.05) is 4.90 Å². The lowest BCUT2D eigenvalue weighted by molar-refractivity contribution is 1.19. The van der Waals surface area contributed by atoms with Gasteiger partial charge in [-0.1, -0.05) is 109 Å². The summed E-state index contributed by atoms with van der Waals surface area (Å²) in [5.41, 5.74) is 11.4. The molecule has 48 heavy (non-hydrogen) atoms. The SMILES string of the molecule is c1ccc(-c2cc(-c3ccccc3)nc(N3c4cccc5c(-c6ccncc6)ccc(c45)-c4ccc5sc6ccccc6c5c43)c2)cc1. The maximum absolute atomic E-state index is 5.48. The van der Waals surface area contributed by atoms with Gasteiger partial charge >= 0.3 is 0 Å². The second kappa shape index (κ2) is 10.7. The van der Waals surface area contributed by atoms with Crippen molar-refractivity contribution in [2.24, 2.45) is 0 Å². The molecule has 10 rings (SSSR count). The van der Waals surface area contributed by atoms with Gasteiger partial charge in [0.15, 0.2) is 0 Å². The predicted molar refractivity (Wildman–Crippen MR) is 202 cm³/mol. The molecule has 0 N–H and O–H groups in total. The molecule has 4 heterocycles. The average Bonchev–Trinajstić information content (AvgIpc) is 3.55. The highest BCUT2D eigenvalue weighted by Crippen LogP contribution is 2.56. The van der Waals surface area contributed by atoms with E-state index in [0.29, 0.717) is 0 Å². The summed E-state index contributed by atoms with van der Waals surface area (Å²) in [4.78, 5) is 12.2. The van der Waals surface area contributed by atoms with E-state index in [1.165, 1.54) is 53.3 Å². The van der Waals surface area contributed by atoms with Crippen LogP contribution in [0.4, 0.5) is 17.2 Å². The zero-order chi connectivity index (χ0) is 31.6. The number of benzene rings is 6. The predicted octanol–water partition coefficient (Wildman–Crippen LogP) is 12.4. The Bertz CT molecular complexity index is 2610. The van der Waals surface area contributed by atoms with E-state index in [4.69, 9.17) is 4.98 Å². The lowest BCUT2D eigenvalue weighted by Gasteiger charge is -2.34. The molecule has 1 aliphatic rings. The largest absolute Gasteiger partial charge is 0.293 e. The van der Waals surface area contributed by atoms with Gasteiger partial charge in [-0.3, -0.25) is 9.88 Å². The van der Waals surface area contributed by atoms with Gasteiger partial charge in [0, 0.05) is 49.1 Å². The lowest BCUT2D eigenvalue weighted by atomic mass is 9.86. The van der Waals surface area contributed by atoms with Gasteiger partial charge in [-0.25, -0.2) is 4.98 Å². The van der Waals surface area contributed by atoms with E-state index in [9.17, 15) is 0 Å². The fourth-order valence-electron chi connectivity index (χ4n) is 7.37. The molecule has 3 aromatic heterocycles. The van der Waals surface area contributed by atoms with Gasteiger partial charge in [0.1, 0.15) is 5.82 Å². The minimum absolute atomic E-state index is 0.895. The fourth-order valence-corrected chi connectivity index (χ4v) is 8.48. The number of pyridine rings is 2. The monoisotopic (exact) mass is 629 g/mol. The van der Waals surface area contributed by atoms with Crippen molar-refractivity contribution in [3.05, 3.63) is 164 Å². The van der Waals surface area contributed by atoms with Crippen LogP contribution in [-0.4, -0.2) is 9.97 Å². The van der Waals surface area contributed by atoms with Gasteiger partial charge in [-0.2, -0.15) is 0 Å². The Morgan fingerprint density at radius 2 is 1.17 bits per heavy atom. The van der Waals surface area contributed by atoms with Crippen molar-refractivity contribution >= 4 is 59.5 Å². The van der Waals surface area contributed by atoms with Crippen LogP contribution in [0.25, 0.3) is 75.6 Å². The van der Waals surface area contributed by atoms with Gasteiger partial charge in [0.2, 0.25) is 0 Å². The molecule has 3 nitrogen and oxygen atoms in total. The number of hydrogen-bond acceptors (Lipinski definition) is 4. The highest BCUT2D eigenvalue weighted by atomic mass is 32.1. The first-order valence-electron chi connectivity index (χ1n) is 16.2. The molecule has 0 spiro atoms. The van der Waals surface area contributed by atoms with E-state index in [2.05, 4.69) is 162 Å². The van der Waals surface area contributed by atoms with E-state index in [0.717, 1.165) is 39.5 Å². The second-order valence-corrected chi connectivity index (χ2v) is 13.3. The zero-order valence-corrected chi connectivity index (χ0v) is 26.7. The number of anilines is 3. The molecule has 9 aromatic rings. The van der Waals surface area contributed by atoms with Crippen LogP contribution in [-0.2, 0) is 0 Å².